The summed E-state index contributed by atoms with van der Waals surface area (Å²) in [7, 11) is 0. The monoisotopic (exact) mass is 358 g/mol. The predicted molar refractivity (Wildman–Crippen MR) is 101 cm³/mol. The standard InChI is InChI=1S/C20H23ClN2O2/c1-3-20(4-2)13-17(16-10-5-6-11-18(16)25-20)23-19(24)22-15-9-7-8-14(21)12-15/h5-12,17H,3-4,13H2,1-2H3,(H2,22,23,24)/t17-/m1/s1. The molecule has 3 rings (SSSR count). The van der Waals surface area contributed by atoms with E-state index in [9.17, 15) is 4.79 Å². The molecule has 0 aromatic heterocycles. The zero-order chi connectivity index (χ0) is 17.9. The van der Waals surface area contributed by atoms with Gasteiger partial charge < -0.3 is 15.4 Å². The molecule has 0 saturated carbocycles. The van der Waals surface area contributed by atoms with Crippen molar-refractivity contribution >= 4 is 23.3 Å². The van der Waals surface area contributed by atoms with Crippen LogP contribution in [0.3, 0.4) is 0 Å². The van der Waals surface area contributed by atoms with Crippen molar-refractivity contribution in [1.82, 2.24) is 5.32 Å². The Hall–Kier alpha value is -2.20. The van der Waals surface area contributed by atoms with Crippen LogP contribution in [0, 0.1) is 0 Å². The van der Waals surface area contributed by atoms with E-state index in [0.29, 0.717) is 10.7 Å². The van der Waals surface area contributed by atoms with Crippen molar-refractivity contribution in [2.24, 2.45) is 0 Å². The highest BCUT2D eigenvalue weighted by Gasteiger charge is 2.38. The molecule has 0 saturated heterocycles. The lowest BCUT2D eigenvalue weighted by Crippen LogP contribution is -2.45. The van der Waals surface area contributed by atoms with E-state index in [1.807, 2.05) is 30.3 Å². The van der Waals surface area contributed by atoms with E-state index in [0.717, 1.165) is 30.6 Å². The minimum absolute atomic E-state index is 0.0935. The van der Waals surface area contributed by atoms with Gasteiger partial charge in [0.2, 0.25) is 0 Å². The summed E-state index contributed by atoms with van der Waals surface area (Å²) < 4.78 is 6.27. The highest BCUT2D eigenvalue weighted by atomic mass is 35.5. The third-order valence-corrected chi connectivity index (χ3v) is 5.11. The second-order valence-electron chi connectivity index (χ2n) is 6.40. The summed E-state index contributed by atoms with van der Waals surface area (Å²) >= 11 is 5.97. The van der Waals surface area contributed by atoms with Crippen molar-refractivity contribution in [1.29, 1.82) is 0 Å². The summed E-state index contributed by atoms with van der Waals surface area (Å²) in [5.41, 5.74) is 1.44. The first-order valence-corrected chi connectivity index (χ1v) is 9.04. The maximum Gasteiger partial charge on any atom is 0.319 e. The topological polar surface area (TPSA) is 50.4 Å². The van der Waals surface area contributed by atoms with Crippen LogP contribution in [0.4, 0.5) is 10.5 Å². The minimum atomic E-state index is -0.248. The number of ether oxygens (including phenoxy) is 1. The van der Waals surface area contributed by atoms with Gasteiger partial charge in [0.25, 0.3) is 0 Å². The largest absolute Gasteiger partial charge is 0.487 e. The van der Waals surface area contributed by atoms with Crippen LogP contribution in [0.2, 0.25) is 5.02 Å². The number of halogens is 1. The lowest BCUT2D eigenvalue weighted by Gasteiger charge is -2.41. The Kier molecular flexibility index (Phi) is 5.19. The molecule has 4 nitrogen and oxygen atoms in total. The van der Waals surface area contributed by atoms with Crippen molar-refractivity contribution in [3.63, 3.8) is 0 Å². The molecular formula is C20H23ClN2O2. The van der Waals surface area contributed by atoms with Crippen LogP contribution in [0.25, 0.3) is 0 Å². The number of hydrogen-bond acceptors (Lipinski definition) is 2. The van der Waals surface area contributed by atoms with Crippen molar-refractivity contribution in [3.05, 3.63) is 59.1 Å². The number of hydrogen-bond donors (Lipinski definition) is 2. The fourth-order valence-corrected chi connectivity index (χ4v) is 3.51. The van der Waals surface area contributed by atoms with Crippen molar-refractivity contribution in [2.75, 3.05) is 5.32 Å². The summed E-state index contributed by atoms with van der Waals surface area (Å²) in [4.78, 5) is 12.5. The summed E-state index contributed by atoms with van der Waals surface area (Å²) in [6, 6.07) is 14.7. The SMILES string of the molecule is CCC1(CC)C[C@@H](NC(=O)Nc2cccc(Cl)c2)c2ccccc2O1. The lowest BCUT2D eigenvalue weighted by molar-refractivity contribution is 0.0247. The number of amides is 2. The minimum Gasteiger partial charge on any atom is -0.487 e. The second-order valence-corrected chi connectivity index (χ2v) is 6.83. The van der Waals surface area contributed by atoms with Crippen LogP contribution in [0.15, 0.2) is 48.5 Å². The number of nitrogens with one attached hydrogen (secondary N) is 2. The van der Waals surface area contributed by atoms with E-state index in [-0.39, 0.29) is 17.7 Å². The molecule has 2 aromatic rings. The van der Waals surface area contributed by atoms with E-state index in [2.05, 4.69) is 24.5 Å². The molecule has 2 amide bonds. The van der Waals surface area contributed by atoms with Crippen LogP contribution >= 0.6 is 11.6 Å². The lowest BCUT2D eigenvalue weighted by atomic mass is 9.83. The van der Waals surface area contributed by atoms with Crippen LogP contribution in [0.1, 0.15) is 44.7 Å². The molecule has 25 heavy (non-hydrogen) atoms. The first-order chi connectivity index (χ1) is 12.0. The van der Waals surface area contributed by atoms with Gasteiger partial charge in [-0.15, -0.1) is 0 Å². The number of anilines is 1. The van der Waals surface area contributed by atoms with Gasteiger partial charge >= 0.3 is 6.03 Å². The van der Waals surface area contributed by atoms with Gasteiger partial charge in [0.05, 0.1) is 6.04 Å². The average Bonchev–Trinajstić information content (AvgIpc) is 2.61. The molecule has 1 aliphatic rings. The summed E-state index contributed by atoms with van der Waals surface area (Å²) in [6.45, 7) is 4.25. The highest BCUT2D eigenvalue weighted by molar-refractivity contribution is 6.30. The zero-order valence-electron chi connectivity index (χ0n) is 14.5. The van der Waals surface area contributed by atoms with Gasteiger partial charge in [-0.3, -0.25) is 0 Å². The molecular weight excluding hydrogens is 336 g/mol. The molecule has 0 unspecified atom stereocenters. The number of benzene rings is 2. The Morgan fingerprint density at radius 2 is 1.96 bits per heavy atom. The number of carbonyl (C=O) groups is 1. The van der Waals surface area contributed by atoms with E-state index in [1.54, 1.807) is 18.2 Å². The van der Waals surface area contributed by atoms with Crippen molar-refractivity contribution in [3.8, 4) is 5.75 Å². The first kappa shape index (κ1) is 17.6. The van der Waals surface area contributed by atoms with Gasteiger partial charge in [-0.2, -0.15) is 0 Å². The number of rotatable bonds is 4. The molecule has 1 aliphatic heterocycles. The molecule has 2 aromatic carbocycles. The Bertz CT molecular complexity index is 759. The fourth-order valence-electron chi connectivity index (χ4n) is 3.32. The van der Waals surface area contributed by atoms with Crippen LogP contribution in [-0.4, -0.2) is 11.6 Å². The molecule has 0 aliphatic carbocycles. The van der Waals surface area contributed by atoms with Crippen LogP contribution in [-0.2, 0) is 0 Å². The molecule has 132 valence electrons. The molecule has 5 heteroatoms. The van der Waals surface area contributed by atoms with Gasteiger partial charge in [0, 0.05) is 22.7 Å². The number of urea groups is 1. The highest BCUT2D eigenvalue weighted by Crippen LogP contribution is 2.42. The van der Waals surface area contributed by atoms with E-state index < -0.39 is 0 Å². The molecule has 2 N–H and O–H groups in total. The van der Waals surface area contributed by atoms with Gasteiger partial charge in [0.1, 0.15) is 11.4 Å². The Labute approximate surface area is 153 Å². The quantitative estimate of drug-likeness (QED) is 0.753. The van der Waals surface area contributed by atoms with Gasteiger partial charge in [-0.05, 0) is 37.1 Å². The molecule has 0 bridgehead atoms. The number of fused-ring (bicyclic) bond motifs is 1. The molecule has 1 atom stereocenters. The smallest absolute Gasteiger partial charge is 0.319 e. The third kappa shape index (κ3) is 3.90. The Morgan fingerprint density at radius 3 is 2.68 bits per heavy atom. The van der Waals surface area contributed by atoms with E-state index in [1.165, 1.54) is 0 Å². The normalized spacial score (nSPS) is 18.0. The van der Waals surface area contributed by atoms with E-state index >= 15 is 0 Å². The van der Waals surface area contributed by atoms with Gasteiger partial charge in [0.15, 0.2) is 0 Å². The first-order valence-electron chi connectivity index (χ1n) is 8.66. The van der Waals surface area contributed by atoms with Crippen LogP contribution < -0.4 is 15.4 Å². The summed E-state index contributed by atoms with van der Waals surface area (Å²) in [6.07, 6.45) is 2.54. The zero-order valence-corrected chi connectivity index (χ0v) is 15.3. The maximum absolute atomic E-state index is 12.5. The molecule has 0 fully saturated rings. The average molecular weight is 359 g/mol. The molecule has 1 heterocycles. The van der Waals surface area contributed by atoms with Crippen LogP contribution in [0.5, 0.6) is 5.75 Å². The van der Waals surface area contributed by atoms with E-state index in [4.69, 9.17) is 16.3 Å². The van der Waals surface area contributed by atoms with Crippen molar-refractivity contribution < 1.29 is 9.53 Å². The second kappa shape index (κ2) is 7.36. The Morgan fingerprint density at radius 1 is 1.20 bits per heavy atom. The van der Waals surface area contributed by atoms with Gasteiger partial charge in [-0.25, -0.2) is 4.79 Å². The third-order valence-electron chi connectivity index (χ3n) is 4.87. The number of carbonyl (C=O) groups excluding carboxylic acids is 1. The summed E-state index contributed by atoms with van der Waals surface area (Å²) in [5.74, 6) is 0.852. The fraction of sp³-hybridized carbons (Fsp3) is 0.350. The number of para-hydroxylation sites is 1. The van der Waals surface area contributed by atoms with Gasteiger partial charge in [-0.1, -0.05) is 49.7 Å². The maximum atomic E-state index is 12.5. The molecule has 0 radical (unpaired) electrons. The summed E-state index contributed by atoms with van der Waals surface area (Å²) in [5, 5.41) is 6.53. The molecule has 0 spiro atoms. The van der Waals surface area contributed by atoms with Crippen molar-refractivity contribution in [2.45, 2.75) is 44.8 Å². The predicted octanol–water partition coefficient (Wildman–Crippen LogP) is 5.54. The Balaban J connectivity index is 1.79.